The molecule has 1 N–H and O–H groups in total. The summed E-state index contributed by atoms with van der Waals surface area (Å²) in [6.07, 6.45) is 6.01. The second-order valence-corrected chi connectivity index (χ2v) is 6.47. The number of halogens is 1. The molecule has 0 unspecified atom stereocenters. The smallest absolute Gasteiger partial charge is 0.261 e. The summed E-state index contributed by atoms with van der Waals surface area (Å²) in [4.78, 5) is 0.201. The van der Waals surface area contributed by atoms with Gasteiger partial charge in [0, 0.05) is 11.4 Å². The molecule has 0 aliphatic carbocycles. The number of sulfonamides is 1. The Bertz CT molecular complexity index is 762. The molecule has 2 rings (SSSR count). The minimum Gasteiger partial charge on any atom is -0.280 e. The lowest BCUT2D eigenvalue weighted by Crippen LogP contribution is -2.13. The predicted molar refractivity (Wildman–Crippen MR) is 86.1 cm³/mol. The Balaban J connectivity index is 2.23. The van der Waals surface area contributed by atoms with Crippen LogP contribution < -0.4 is 4.72 Å². The summed E-state index contributed by atoms with van der Waals surface area (Å²) in [6.45, 7) is 0. The summed E-state index contributed by atoms with van der Waals surface area (Å²) in [7, 11) is -3.62. The highest BCUT2D eigenvalue weighted by atomic mass is 35.5. The fraction of sp³-hybridized carbons (Fsp3) is 0.125. The second-order valence-electron chi connectivity index (χ2n) is 4.41. The van der Waals surface area contributed by atoms with Crippen molar-refractivity contribution < 1.29 is 8.42 Å². The Morgan fingerprint density at radius 2 is 1.86 bits per heavy atom. The molecular weight excluding hydrogens is 306 g/mol. The number of benzene rings is 2. The highest BCUT2D eigenvalue weighted by Gasteiger charge is 2.14. The summed E-state index contributed by atoms with van der Waals surface area (Å²) >= 11 is 5.65. The molecule has 0 bridgehead atoms. The molecule has 2 aromatic carbocycles. The van der Waals surface area contributed by atoms with E-state index in [0.717, 1.165) is 5.56 Å². The molecule has 0 heterocycles. The van der Waals surface area contributed by atoms with Crippen LogP contribution in [0.3, 0.4) is 0 Å². The molecule has 0 saturated carbocycles. The van der Waals surface area contributed by atoms with E-state index < -0.39 is 10.0 Å². The molecule has 0 aliphatic rings. The van der Waals surface area contributed by atoms with Crippen molar-refractivity contribution >= 4 is 27.3 Å². The molecule has 0 aliphatic heterocycles. The molecule has 0 amide bonds. The van der Waals surface area contributed by atoms with Gasteiger partial charge in [-0.15, -0.1) is 18.0 Å². The quantitative estimate of drug-likeness (QED) is 0.679. The van der Waals surface area contributed by atoms with Crippen LogP contribution in [-0.4, -0.2) is 14.3 Å². The van der Waals surface area contributed by atoms with Gasteiger partial charge in [0.05, 0.1) is 10.6 Å². The van der Waals surface area contributed by atoms with Gasteiger partial charge in [-0.05, 0) is 42.3 Å². The minimum absolute atomic E-state index is 0.201. The molecule has 3 nitrogen and oxygen atoms in total. The van der Waals surface area contributed by atoms with Crippen LogP contribution in [0.5, 0.6) is 0 Å². The van der Waals surface area contributed by atoms with E-state index in [-0.39, 0.29) is 4.90 Å². The van der Waals surface area contributed by atoms with E-state index in [1.54, 1.807) is 48.5 Å². The van der Waals surface area contributed by atoms with E-state index in [1.165, 1.54) is 0 Å². The zero-order chi connectivity index (χ0) is 15.3. The second kappa shape index (κ2) is 6.66. The van der Waals surface area contributed by atoms with Gasteiger partial charge in [0.15, 0.2) is 0 Å². The van der Waals surface area contributed by atoms with Crippen LogP contribution in [0.15, 0.2) is 53.4 Å². The summed E-state index contributed by atoms with van der Waals surface area (Å²) in [5.41, 5.74) is 2.06. The number of nitrogens with one attached hydrogen (secondary N) is 1. The molecule has 0 radical (unpaired) electrons. The number of aryl methyl sites for hydroxylation is 1. The standard InChI is InChI=1S/C16H14ClNO2S/c1-2-13-4-3-5-15(12-13)18-21(19,20)16-8-6-14(7-9-16)10-11-17/h1,3-9,12,18H,10-11H2. The van der Waals surface area contributed by atoms with Crippen molar-refractivity contribution in [1.29, 1.82) is 0 Å². The van der Waals surface area contributed by atoms with Crippen molar-refractivity contribution in [2.45, 2.75) is 11.3 Å². The molecule has 21 heavy (non-hydrogen) atoms. The van der Waals surface area contributed by atoms with Gasteiger partial charge in [0.2, 0.25) is 0 Å². The zero-order valence-electron chi connectivity index (χ0n) is 11.2. The number of hydrogen-bond donors (Lipinski definition) is 1. The van der Waals surface area contributed by atoms with Gasteiger partial charge in [-0.25, -0.2) is 8.42 Å². The minimum atomic E-state index is -3.62. The molecule has 0 spiro atoms. The molecule has 108 valence electrons. The van der Waals surface area contributed by atoms with Crippen molar-refractivity contribution in [2.24, 2.45) is 0 Å². The summed E-state index contributed by atoms with van der Waals surface area (Å²) in [5, 5.41) is 0. The first-order valence-corrected chi connectivity index (χ1v) is 8.31. The van der Waals surface area contributed by atoms with Crippen LogP contribution in [0.4, 0.5) is 5.69 Å². The maximum Gasteiger partial charge on any atom is 0.261 e. The first kappa shape index (κ1) is 15.4. The van der Waals surface area contributed by atoms with Crippen LogP contribution in [0.1, 0.15) is 11.1 Å². The zero-order valence-corrected chi connectivity index (χ0v) is 12.8. The summed E-state index contributed by atoms with van der Waals surface area (Å²) < 4.78 is 27.1. The molecule has 0 atom stereocenters. The van der Waals surface area contributed by atoms with Crippen LogP contribution >= 0.6 is 11.6 Å². The summed E-state index contributed by atoms with van der Waals surface area (Å²) in [6, 6.07) is 13.4. The van der Waals surface area contributed by atoms with Crippen molar-refractivity contribution in [3.05, 3.63) is 59.7 Å². The molecule has 0 fully saturated rings. The van der Waals surface area contributed by atoms with Gasteiger partial charge in [-0.1, -0.05) is 24.1 Å². The number of alkyl halides is 1. The van der Waals surface area contributed by atoms with Crippen LogP contribution in [0, 0.1) is 12.3 Å². The third-order valence-electron chi connectivity index (χ3n) is 2.90. The maximum atomic E-state index is 12.3. The van der Waals surface area contributed by atoms with Gasteiger partial charge >= 0.3 is 0 Å². The van der Waals surface area contributed by atoms with Crippen molar-refractivity contribution in [1.82, 2.24) is 0 Å². The lowest BCUT2D eigenvalue weighted by molar-refractivity contribution is 0.601. The number of anilines is 1. The van der Waals surface area contributed by atoms with Crippen LogP contribution in [-0.2, 0) is 16.4 Å². The predicted octanol–water partition coefficient (Wildman–Crippen LogP) is 3.25. The normalized spacial score (nSPS) is 10.9. The third kappa shape index (κ3) is 4.01. The van der Waals surface area contributed by atoms with Gasteiger partial charge in [0.1, 0.15) is 0 Å². The first-order chi connectivity index (χ1) is 10.0. The Labute approximate surface area is 130 Å². The fourth-order valence-corrected chi connectivity index (χ4v) is 3.10. The van der Waals surface area contributed by atoms with Crippen LogP contribution in [0.25, 0.3) is 0 Å². The molecule has 2 aromatic rings. The van der Waals surface area contributed by atoms with Gasteiger partial charge in [-0.2, -0.15) is 0 Å². The monoisotopic (exact) mass is 319 g/mol. The Morgan fingerprint density at radius 1 is 1.14 bits per heavy atom. The Morgan fingerprint density at radius 3 is 2.48 bits per heavy atom. The van der Waals surface area contributed by atoms with Gasteiger partial charge < -0.3 is 0 Å². The molecule has 0 saturated heterocycles. The lowest BCUT2D eigenvalue weighted by Gasteiger charge is -2.09. The van der Waals surface area contributed by atoms with E-state index in [2.05, 4.69) is 10.6 Å². The van der Waals surface area contributed by atoms with E-state index >= 15 is 0 Å². The average Bonchev–Trinajstić information content (AvgIpc) is 2.48. The highest BCUT2D eigenvalue weighted by molar-refractivity contribution is 7.92. The number of rotatable bonds is 5. The van der Waals surface area contributed by atoms with Crippen molar-refractivity contribution in [3.63, 3.8) is 0 Å². The van der Waals surface area contributed by atoms with Gasteiger partial charge in [-0.3, -0.25) is 4.72 Å². The first-order valence-electron chi connectivity index (χ1n) is 6.29. The van der Waals surface area contributed by atoms with Gasteiger partial charge in [0.25, 0.3) is 10.0 Å². The number of terminal acetylenes is 1. The Hall–Kier alpha value is -1.96. The van der Waals surface area contributed by atoms with E-state index in [0.29, 0.717) is 23.6 Å². The maximum absolute atomic E-state index is 12.3. The highest BCUT2D eigenvalue weighted by Crippen LogP contribution is 2.17. The van der Waals surface area contributed by atoms with E-state index in [9.17, 15) is 8.42 Å². The molecule has 0 aromatic heterocycles. The largest absolute Gasteiger partial charge is 0.280 e. The third-order valence-corrected chi connectivity index (χ3v) is 4.48. The topological polar surface area (TPSA) is 46.2 Å². The average molecular weight is 320 g/mol. The lowest BCUT2D eigenvalue weighted by atomic mass is 10.2. The molecular formula is C16H14ClNO2S. The van der Waals surface area contributed by atoms with Crippen molar-refractivity contribution in [3.8, 4) is 12.3 Å². The van der Waals surface area contributed by atoms with E-state index in [4.69, 9.17) is 18.0 Å². The van der Waals surface area contributed by atoms with Crippen molar-refractivity contribution in [2.75, 3.05) is 10.6 Å². The van der Waals surface area contributed by atoms with Crippen LogP contribution in [0.2, 0.25) is 0 Å². The van der Waals surface area contributed by atoms with E-state index in [1.807, 2.05) is 0 Å². The SMILES string of the molecule is C#Cc1cccc(NS(=O)(=O)c2ccc(CCCl)cc2)c1. The fourth-order valence-electron chi connectivity index (χ4n) is 1.83. The molecule has 5 heteroatoms. The number of hydrogen-bond acceptors (Lipinski definition) is 2. The summed E-state index contributed by atoms with van der Waals surface area (Å²) in [5.74, 6) is 2.97. The Kier molecular flexibility index (Phi) is 4.89.